The largest absolute Gasteiger partial charge is 0.344 e. The van der Waals surface area contributed by atoms with Crippen molar-refractivity contribution in [1.82, 2.24) is 9.13 Å². The van der Waals surface area contributed by atoms with Crippen LogP contribution in [0.4, 0.5) is 0 Å². The van der Waals surface area contributed by atoms with Crippen molar-refractivity contribution in [3.63, 3.8) is 0 Å². The van der Waals surface area contributed by atoms with Crippen LogP contribution in [0.25, 0.3) is 110 Å². The lowest BCUT2D eigenvalue weighted by atomic mass is 9.80. The zero-order valence-electron chi connectivity index (χ0n) is 32.6. The molecule has 0 atom stereocenters. The Balaban J connectivity index is 1.16. The Morgan fingerprint density at radius 1 is 0.316 bits per heavy atom. The van der Waals surface area contributed by atoms with E-state index in [1.54, 1.807) is 0 Å². The summed E-state index contributed by atoms with van der Waals surface area (Å²) in [5.74, 6) is 0. The van der Waals surface area contributed by atoms with Crippen molar-refractivity contribution in [2.24, 2.45) is 14.1 Å². The van der Waals surface area contributed by atoms with E-state index in [0.717, 1.165) is 0 Å². The number of hydrogen-bond donors (Lipinski definition) is 0. The highest BCUT2D eigenvalue weighted by molar-refractivity contribution is 6.20. The van der Waals surface area contributed by atoms with Gasteiger partial charge < -0.3 is 9.13 Å². The first kappa shape index (κ1) is 32.4. The van der Waals surface area contributed by atoms with Gasteiger partial charge in [0, 0.05) is 63.1 Å². The average Bonchev–Trinajstić information content (AvgIpc) is 3.80. The molecule has 1 aliphatic carbocycles. The number of rotatable bonds is 3. The van der Waals surface area contributed by atoms with Crippen molar-refractivity contribution in [2.75, 3.05) is 0 Å². The van der Waals surface area contributed by atoms with Crippen LogP contribution in [0, 0.1) is 0 Å². The van der Waals surface area contributed by atoms with E-state index in [-0.39, 0.29) is 5.41 Å². The van der Waals surface area contributed by atoms with Gasteiger partial charge in [0.1, 0.15) is 0 Å². The third-order valence-electron chi connectivity index (χ3n) is 13.4. The van der Waals surface area contributed by atoms with Crippen LogP contribution in [0.2, 0.25) is 0 Å². The Kier molecular flexibility index (Phi) is 6.57. The highest BCUT2D eigenvalue weighted by Crippen LogP contribution is 2.51. The first-order valence-corrected chi connectivity index (χ1v) is 20.1. The lowest BCUT2D eigenvalue weighted by Gasteiger charge is -2.23. The van der Waals surface area contributed by atoms with Gasteiger partial charge in [0.25, 0.3) is 0 Å². The number of hydrogen-bond acceptors (Lipinski definition) is 0. The monoisotopic (exact) mass is 728 g/mol. The molecular weight excluding hydrogens is 689 g/mol. The van der Waals surface area contributed by atoms with Crippen LogP contribution in [-0.4, -0.2) is 9.13 Å². The molecular formula is C55H40N2. The summed E-state index contributed by atoms with van der Waals surface area (Å²) in [6, 6.07) is 64.0. The summed E-state index contributed by atoms with van der Waals surface area (Å²) in [6.07, 6.45) is 0. The normalized spacial score (nSPS) is 13.4. The highest BCUT2D eigenvalue weighted by Gasteiger charge is 2.35. The molecule has 0 fully saturated rings. The van der Waals surface area contributed by atoms with Gasteiger partial charge in [-0.05, 0) is 126 Å². The molecule has 2 nitrogen and oxygen atoms in total. The molecule has 0 aliphatic heterocycles. The second-order valence-corrected chi connectivity index (χ2v) is 16.6. The summed E-state index contributed by atoms with van der Waals surface area (Å²) in [7, 11) is 4.35. The molecule has 12 rings (SSSR count). The van der Waals surface area contributed by atoms with Crippen molar-refractivity contribution in [3.8, 4) is 44.5 Å². The summed E-state index contributed by atoms with van der Waals surface area (Å²) in [5.41, 5.74) is 17.9. The van der Waals surface area contributed by atoms with E-state index in [2.05, 4.69) is 207 Å². The maximum Gasteiger partial charge on any atom is 0.0489 e. The maximum atomic E-state index is 2.49. The third-order valence-corrected chi connectivity index (χ3v) is 13.4. The Bertz CT molecular complexity index is 3340. The zero-order valence-corrected chi connectivity index (χ0v) is 32.6. The standard InChI is InChI=1S/C55H40N2/c1-55(2)48-20-8-5-13-38(48)39-26-23-35(31-49(39)55)54-42-18-11-16-36(33-24-27-52-46(29-33)40-14-6-9-21-50(40)56(52)3)44(42)32-45-37(17-12-19-43(45)54)34-25-28-53-47(30-34)41-15-7-10-22-51(41)57(53)4/h5-32H,1-4H3. The van der Waals surface area contributed by atoms with Crippen LogP contribution >= 0.6 is 0 Å². The van der Waals surface area contributed by atoms with Gasteiger partial charge in [-0.3, -0.25) is 0 Å². The van der Waals surface area contributed by atoms with Crippen LogP contribution in [0.1, 0.15) is 25.0 Å². The third kappa shape index (κ3) is 4.41. The second kappa shape index (κ2) is 11.6. The zero-order chi connectivity index (χ0) is 38.2. The molecule has 270 valence electrons. The highest BCUT2D eigenvalue weighted by atomic mass is 14.9. The van der Waals surface area contributed by atoms with Gasteiger partial charge in [-0.25, -0.2) is 0 Å². The van der Waals surface area contributed by atoms with Crippen LogP contribution in [0.15, 0.2) is 170 Å². The predicted octanol–water partition coefficient (Wildman–Crippen LogP) is 14.6. The van der Waals surface area contributed by atoms with Gasteiger partial charge in [-0.2, -0.15) is 0 Å². The number of aromatic nitrogens is 2. The predicted molar refractivity (Wildman–Crippen MR) is 243 cm³/mol. The summed E-state index contributed by atoms with van der Waals surface area (Å²) < 4.78 is 4.63. The molecule has 2 heterocycles. The Labute approximate surface area is 331 Å². The Morgan fingerprint density at radius 2 is 0.772 bits per heavy atom. The number of benzene rings is 9. The molecule has 0 N–H and O–H groups in total. The van der Waals surface area contributed by atoms with E-state index in [1.165, 1.54) is 121 Å². The second-order valence-electron chi connectivity index (χ2n) is 16.6. The molecule has 0 unspecified atom stereocenters. The summed E-state index contributed by atoms with van der Waals surface area (Å²) in [6.45, 7) is 4.76. The van der Waals surface area contributed by atoms with Crippen LogP contribution < -0.4 is 0 Å². The van der Waals surface area contributed by atoms with Gasteiger partial charge in [0.05, 0.1) is 0 Å². The van der Waals surface area contributed by atoms with Gasteiger partial charge >= 0.3 is 0 Å². The number of fused-ring (bicyclic) bond motifs is 11. The molecule has 0 saturated heterocycles. The smallest absolute Gasteiger partial charge is 0.0489 e. The summed E-state index contributed by atoms with van der Waals surface area (Å²) in [4.78, 5) is 0. The molecule has 0 radical (unpaired) electrons. The molecule has 1 aliphatic rings. The molecule has 0 saturated carbocycles. The topological polar surface area (TPSA) is 9.86 Å². The summed E-state index contributed by atoms with van der Waals surface area (Å²) in [5, 5.41) is 10.2. The van der Waals surface area contributed by atoms with E-state index in [4.69, 9.17) is 0 Å². The van der Waals surface area contributed by atoms with E-state index in [0.29, 0.717) is 0 Å². The lowest BCUT2D eigenvalue weighted by Crippen LogP contribution is -2.14. The molecule has 11 aromatic rings. The number of nitrogens with zero attached hydrogens (tertiary/aromatic N) is 2. The van der Waals surface area contributed by atoms with Crippen molar-refractivity contribution in [3.05, 3.63) is 181 Å². The van der Waals surface area contributed by atoms with Crippen LogP contribution in [0.3, 0.4) is 0 Å². The Morgan fingerprint density at radius 3 is 1.37 bits per heavy atom. The van der Waals surface area contributed by atoms with E-state index in [1.807, 2.05) is 0 Å². The van der Waals surface area contributed by atoms with E-state index < -0.39 is 0 Å². The van der Waals surface area contributed by atoms with E-state index >= 15 is 0 Å². The quantitative estimate of drug-likeness (QED) is 0.160. The van der Waals surface area contributed by atoms with Crippen LogP contribution in [-0.2, 0) is 19.5 Å². The minimum absolute atomic E-state index is 0.0968. The fourth-order valence-corrected chi connectivity index (χ4v) is 10.5. The van der Waals surface area contributed by atoms with Crippen molar-refractivity contribution >= 4 is 65.2 Å². The molecule has 0 spiro atoms. The fraction of sp³-hybridized carbons (Fsp3) is 0.0909. The fourth-order valence-electron chi connectivity index (χ4n) is 10.5. The van der Waals surface area contributed by atoms with Gasteiger partial charge in [0.15, 0.2) is 0 Å². The summed E-state index contributed by atoms with van der Waals surface area (Å²) >= 11 is 0. The SMILES string of the molecule is Cn1c2ccccc2c2cc(-c3cccc4c(-c5ccc6c(c5)C(C)(C)c5ccccc5-6)c5cccc(-c6ccc7c(c6)c6ccccc6n7C)c5cc34)ccc21. The number of aryl methyl sites for hydroxylation is 2. The molecule has 2 aromatic heterocycles. The first-order chi connectivity index (χ1) is 27.9. The molecule has 9 aromatic carbocycles. The Hall–Kier alpha value is -6.90. The van der Waals surface area contributed by atoms with Gasteiger partial charge in [0.2, 0.25) is 0 Å². The van der Waals surface area contributed by atoms with Crippen molar-refractivity contribution in [2.45, 2.75) is 19.3 Å². The molecule has 57 heavy (non-hydrogen) atoms. The lowest BCUT2D eigenvalue weighted by molar-refractivity contribution is 0.660. The average molecular weight is 729 g/mol. The van der Waals surface area contributed by atoms with Crippen molar-refractivity contribution < 1.29 is 0 Å². The molecule has 0 bridgehead atoms. The molecule has 0 amide bonds. The number of para-hydroxylation sites is 2. The molecule has 2 heteroatoms. The maximum absolute atomic E-state index is 2.49. The first-order valence-electron chi connectivity index (χ1n) is 20.1. The van der Waals surface area contributed by atoms with E-state index in [9.17, 15) is 0 Å². The minimum atomic E-state index is -0.0968. The van der Waals surface area contributed by atoms with Crippen molar-refractivity contribution in [1.29, 1.82) is 0 Å². The van der Waals surface area contributed by atoms with Crippen LogP contribution in [0.5, 0.6) is 0 Å². The minimum Gasteiger partial charge on any atom is -0.344 e. The van der Waals surface area contributed by atoms with Gasteiger partial charge in [-0.15, -0.1) is 0 Å². The van der Waals surface area contributed by atoms with Gasteiger partial charge in [-0.1, -0.05) is 135 Å².